The maximum absolute atomic E-state index is 10.7. The van der Waals surface area contributed by atoms with Crippen LogP contribution in [-0.4, -0.2) is 5.78 Å². The largest absolute Gasteiger partial charge is 0.295 e. The van der Waals surface area contributed by atoms with Crippen LogP contribution in [0.4, 0.5) is 0 Å². The van der Waals surface area contributed by atoms with Crippen LogP contribution in [-0.2, 0) is 4.79 Å². The lowest BCUT2D eigenvalue weighted by atomic mass is 10.1. The molecule has 0 N–H and O–H groups in total. The van der Waals surface area contributed by atoms with Crippen LogP contribution in [0.2, 0.25) is 0 Å². The molecule has 0 aliphatic rings. The summed E-state index contributed by atoms with van der Waals surface area (Å²) in [5, 5.41) is 0. The van der Waals surface area contributed by atoms with Crippen LogP contribution in [0.3, 0.4) is 0 Å². The highest BCUT2D eigenvalue weighted by atomic mass is 16.1. The third-order valence-electron chi connectivity index (χ3n) is 1.50. The van der Waals surface area contributed by atoms with Gasteiger partial charge in [-0.25, -0.2) is 0 Å². The van der Waals surface area contributed by atoms with Gasteiger partial charge >= 0.3 is 0 Å². The molecule has 0 fully saturated rings. The molecule has 0 aliphatic carbocycles. The Morgan fingerprint density at radius 1 is 1.40 bits per heavy atom. The smallest absolute Gasteiger partial charge is 0.155 e. The SMILES string of the molecule is C=CC(=O)CCCCCC. The molecule has 1 nitrogen and oxygen atoms in total. The van der Waals surface area contributed by atoms with Gasteiger partial charge in [0.05, 0.1) is 0 Å². The zero-order valence-corrected chi connectivity index (χ0v) is 6.73. The number of ketones is 1. The topological polar surface area (TPSA) is 17.1 Å². The third-order valence-corrected chi connectivity index (χ3v) is 1.50. The second-order valence-electron chi connectivity index (χ2n) is 2.48. The van der Waals surface area contributed by atoms with E-state index in [-0.39, 0.29) is 5.78 Å². The predicted octanol–water partition coefficient (Wildman–Crippen LogP) is 2.71. The molecule has 0 aromatic heterocycles. The molecule has 0 rings (SSSR count). The first-order valence-electron chi connectivity index (χ1n) is 3.96. The lowest BCUT2D eigenvalue weighted by Crippen LogP contribution is -1.90. The van der Waals surface area contributed by atoms with E-state index < -0.39 is 0 Å². The maximum Gasteiger partial charge on any atom is 0.155 e. The van der Waals surface area contributed by atoms with Gasteiger partial charge in [-0.05, 0) is 12.5 Å². The lowest BCUT2D eigenvalue weighted by Gasteiger charge is -1.94. The fourth-order valence-electron chi connectivity index (χ4n) is 0.828. The minimum absolute atomic E-state index is 0.177. The van der Waals surface area contributed by atoms with E-state index in [1.54, 1.807) is 0 Å². The quantitative estimate of drug-likeness (QED) is 0.409. The Hall–Kier alpha value is -0.590. The van der Waals surface area contributed by atoms with E-state index in [4.69, 9.17) is 0 Å². The van der Waals surface area contributed by atoms with Crippen LogP contribution in [0.25, 0.3) is 0 Å². The zero-order valence-electron chi connectivity index (χ0n) is 6.73. The summed E-state index contributed by atoms with van der Waals surface area (Å²) in [5.74, 6) is 0.177. The van der Waals surface area contributed by atoms with E-state index in [1.807, 2.05) is 0 Å². The van der Waals surface area contributed by atoms with Gasteiger partial charge in [0.15, 0.2) is 5.78 Å². The molecule has 0 aromatic rings. The number of carbonyl (C=O) groups excluding carboxylic acids is 1. The summed E-state index contributed by atoms with van der Waals surface area (Å²) in [4.78, 5) is 10.7. The summed E-state index contributed by atoms with van der Waals surface area (Å²) < 4.78 is 0. The van der Waals surface area contributed by atoms with E-state index in [0.717, 1.165) is 6.42 Å². The van der Waals surface area contributed by atoms with Crippen LogP contribution >= 0.6 is 0 Å². The normalized spacial score (nSPS) is 9.30. The zero-order chi connectivity index (χ0) is 7.82. The van der Waals surface area contributed by atoms with Crippen LogP contribution in [0.1, 0.15) is 39.0 Å². The highest BCUT2D eigenvalue weighted by Gasteiger charge is 1.93. The van der Waals surface area contributed by atoms with Gasteiger partial charge in [-0.1, -0.05) is 32.8 Å². The van der Waals surface area contributed by atoms with E-state index in [1.165, 1.54) is 25.3 Å². The highest BCUT2D eigenvalue weighted by Crippen LogP contribution is 2.02. The average molecular weight is 140 g/mol. The molecule has 0 saturated heterocycles. The average Bonchev–Trinajstić information content (AvgIpc) is 1.98. The Balaban J connectivity index is 3.03. The number of carbonyl (C=O) groups is 1. The molecular formula is C9H16O. The summed E-state index contributed by atoms with van der Waals surface area (Å²) >= 11 is 0. The minimum Gasteiger partial charge on any atom is -0.295 e. The number of hydrogen-bond donors (Lipinski definition) is 0. The van der Waals surface area contributed by atoms with E-state index in [9.17, 15) is 4.79 Å². The fourth-order valence-corrected chi connectivity index (χ4v) is 0.828. The number of allylic oxidation sites excluding steroid dienone is 1. The molecule has 1 heteroatoms. The van der Waals surface area contributed by atoms with Gasteiger partial charge in [0.2, 0.25) is 0 Å². The molecular weight excluding hydrogens is 124 g/mol. The van der Waals surface area contributed by atoms with Gasteiger partial charge in [0, 0.05) is 6.42 Å². The summed E-state index contributed by atoms with van der Waals surface area (Å²) in [6, 6.07) is 0. The molecule has 0 amide bonds. The van der Waals surface area contributed by atoms with Crippen molar-refractivity contribution in [2.75, 3.05) is 0 Å². The van der Waals surface area contributed by atoms with Crippen molar-refractivity contribution in [1.82, 2.24) is 0 Å². The van der Waals surface area contributed by atoms with E-state index in [0.29, 0.717) is 6.42 Å². The molecule has 0 heterocycles. The number of unbranched alkanes of at least 4 members (excludes halogenated alkanes) is 3. The monoisotopic (exact) mass is 140 g/mol. The second-order valence-corrected chi connectivity index (χ2v) is 2.48. The Morgan fingerprint density at radius 3 is 2.60 bits per heavy atom. The minimum atomic E-state index is 0.177. The molecule has 0 atom stereocenters. The molecule has 58 valence electrons. The fraction of sp³-hybridized carbons (Fsp3) is 0.667. The van der Waals surface area contributed by atoms with Crippen LogP contribution in [0, 0.1) is 0 Å². The first kappa shape index (κ1) is 9.41. The standard InChI is InChI=1S/C9H16O/c1-3-5-6-7-8-9(10)4-2/h4H,2-3,5-8H2,1H3. The molecule has 0 spiro atoms. The Kier molecular flexibility index (Phi) is 6.14. The van der Waals surface area contributed by atoms with Crippen molar-refractivity contribution in [1.29, 1.82) is 0 Å². The number of rotatable bonds is 6. The van der Waals surface area contributed by atoms with Gasteiger partial charge < -0.3 is 0 Å². The summed E-state index contributed by atoms with van der Waals surface area (Å²) in [7, 11) is 0. The van der Waals surface area contributed by atoms with Crippen molar-refractivity contribution in [2.45, 2.75) is 39.0 Å². The Labute approximate surface area is 63.1 Å². The molecule has 0 radical (unpaired) electrons. The van der Waals surface area contributed by atoms with Gasteiger partial charge in [0.1, 0.15) is 0 Å². The van der Waals surface area contributed by atoms with E-state index >= 15 is 0 Å². The summed E-state index contributed by atoms with van der Waals surface area (Å²) in [6.45, 7) is 5.57. The van der Waals surface area contributed by atoms with Crippen molar-refractivity contribution in [2.24, 2.45) is 0 Å². The van der Waals surface area contributed by atoms with Gasteiger partial charge in [0.25, 0.3) is 0 Å². The molecule has 0 saturated carbocycles. The van der Waals surface area contributed by atoms with Crippen molar-refractivity contribution < 1.29 is 4.79 Å². The van der Waals surface area contributed by atoms with Gasteiger partial charge in [-0.15, -0.1) is 0 Å². The first-order valence-corrected chi connectivity index (χ1v) is 3.96. The van der Waals surface area contributed by atoms with Gasteiger partial charge in [-0.2, -0.15) is 0 Å². The van der Waals surface area contributed by atoms with Crippen LogP contribution in [0.15, 0.2) is 12.7 Å². The predicted molar refractivity (Wildman–Crippen MR) is 44.0 cm³/mol. The van der Waals surface area contributed by atoms with Crippen LogP contribution in [0.5, 0.6) is 0 Å². The molecule has 0 aliphatic heterocycles. The molecule has 0 unspecified atom stereocenters. The highest BCUT2D eigenvalue weighted by molar-refractivity contribution is 5.88. The second kappa shape index (κ2) is 6.53. The molecule has 0 bridgehead atoms. The van der Waals surface area contributed by atoms with Crippen molar-refractivity contribution in [3.05, 3.63) is 12.7 Å². The Morgan fingerprint density at radius 2 is 2.10 bits per heavy atom. The van der Waals surface area contributed by atoms with Crippen LogP contribution < -0.4 is 0 Å². The van der Waals surface area contributed by atoms with Gasteiger partial charge in [-0.3, -0.25) is 4.79 Å². The first-order chi connectivity index (χ1) is 4.81. The number of hydrogen-bond acceptors (Lipinski definition) is 1. The molecule has 10 heavy (non-hydrogen) atoms. The summed E-state index contributed by atoms with van der Waals surface area (Å²) in [6.07, 6.45) is 6.76. The molecule has 0 aromatic carbocycles. The lowest BCUT2D eigenvalue weighted by molar-refractivity contribution is -0.114. The van der Waals surface area contributed by atoms with Crippen molar-refractivity contribution >= 4 is 5.78 Å². The summed E-state index contributed by atoms with van der Waals surface area (Å²) in [5.41, 5.74) is 0. The maximum atomic E-state index is 10.7. The van der Waals surface area contributed by atoms with E-state index in [2.05, 4.69) is 13.5 Å². The Bertz CT molecular complexity index is 105. The third kappa shape index (κ3) is 5.54. The van der Waals surface area contributed by atoms with Crippen molar-refractivity contribution in [3.63, 3.8) is 0 Å². The van der Waals surface area contributed by atoms with Crippen molar-refractivity contribution in [3.8, 4) is 0 Å².